The molecule has 0 aliphatic carbocycles. The monoisotopic (exact) mass is 318 g/mol. The molecule has 2 unspecified atom stereocenters. The van der Waals surface area contributed by atoms with E-state index in [4.69, 9.17) is 0 Å². The van der Waals surface area contributed by atoms with Gasteiger partial charge in [0, 0.05) is 18.9 Å². The Morgan fingerprint density at radius 1 is 0.833 bits per heavy atom. The van der Waals surface area contributed by atoms with Crippen LogP contribution in [0.5, 0.6) is 0 Å². The van der Waals surface area contributed by atoms with E-state index in [1.165, 1.54) is 11.1 Å². The van der Waals surface area contributed by atoms with Gasteiger partial charge in [0.2, 0.25) is 0 Å². The quantitative estimate of drug-likeness (QED) is 0.726. The molecule has 0 aliphatic heterocycles. The third kappa shape index (κ3) is 4.07. The van der Waals surface area contributed by atoms with E-state index in [0.717, 1.165) is 11.1 Å². The normalized spacial score (nSPS) is 13.4. The summed E-state index contributed by atoms with van der Waals surface area (Å²) < 4.78 is 0. The Labute approximate surface area is 143 Å². The Hall–Kier alpha value is -2.49. The second-order valence-corrected chi connectivity index (χ2v) is 5.96. The Kier molecular flexibility index (Phi) is 5.36. The van der Waals surface area contributed by atoms with Crippen LogP contribution < -0.4 is 5.32 Å². The molecule has 3 rings (SSSR count). The summed E-state index contributed by atoms with van der Waals surface area (Å²) in [6, 6.07) is 22.3. The molecule has 0 aliphatic rings. The van der Waals surface area contributed by atoms with Gasteiger partial charge in [-0.2, -0.15) is 0 Å². The van der Waals surface area contributed by atoms with Gasteiger partial charge in [-0.25, -0.2) is 0 Å². The van der Waals surface area contributed by atoms with Crippen molar-refractivity contribution in [2.75, 3.05) is 6.54 Å². The first kappa shape index (κ1) is 16.4. The first-order valence-electron chi connectivity index (χ1n) is 8.17. The van der Waals surface area contributed by atoms with Crippen molar-refractivity contribution in [3.05, 3.63) is 101 Å². The molecule has 24 heavy (non-hydrogen) atoms. The molecule has 2 N–H and O–H groups in total. The van der Waals surface area contributed by atoms with Crippen LogP contribution in [0.15, 0.2) is 79.1 Å². The van der Waals surface area contributed by atoms with Gasteiger partial charge in [0.25, 0.3) is 0 Å². The van der Waals surface area contributed by atoms with Crippen LogP contribution in [-0.4, -0.2) is 16.6 Å². The van der Waals surface area contributed by atoms with Crippen molar-refractivity contribution in [2.45, 2.75) is 19.1 Å². The third-order valence-electron chi connectivity index (χ3n) is 4.15. The Balaban J connectivity index is 1.76. The zero-order chi connectivity index (χ0) is 16.8. The lowest BCUT2D eigenvalue weighted by molar-refractivity contribution is 0.172. The van der Waals surface area contributed by atoms with Crippen LogP contribution in [0.2, 0.25) is 0 Å². The first-order chi connectivity index (χ1) is 11.7. The van der Waals surface area contributed by atoms with Crippen LogP contribution in [0, 0.1) is 6.92 Å². The summed E-state index contributed by atoms with van der Waals surface area (Å²) in [4.78, 5) is 4.10. The van der Waals surface area contributed by atoms with Crippen molar-refractivity contribution in [3.63, 3.8) is 0 Å². The number of benzene rings is 2. The Morgan fingerprint density at radius 2 is 1.46 bits per heavy atom. The maximum absolute atomic E-state index is 10.5. The summed E-state index contributed by atoms with van der Waals surface area (Å²) in [5.74, 6) is 0. The van der Waals surface area contributed by atoms with Gasteiger partial charge >= 0.3 is 0 Å². The highest BCUT2D eigenvalue weighted by atomic mass is 16.3. The molecular weight excluding hydrogens is 296 g/mol. The van der Waals surface area contributed by atoms with Crippen molar-refractivity contribution in [1.82, 2.24) is 10.3 Å². The number of nitrogens with one attached hydrogen (secondary N) is 1. The maximum atomic E-state index is 10.5. The van der Waals surface area contributed by atoms with E-state index in [-0.39, 0.29) is 6.04 Å². The minimum absolute atomic E-state index is 0.0225. The molecular formula is C21H22N2O. The van der Waals surface area contributed by atoms with Gasteiger partial charge in [-0.1, -0.05) is 60.2 Å². The standard InChI is InChI=1S/C21H22N2O/c1-16-7-9-17(10-8-16)20(24)15-23-21(18-5-3-2-4-6-18)19-11-13-22-14-12-19/h2-14,20-21,23-24H,15H2,1H3. The minimum atomic E-state index is -0.543. The van der Waals surface area contributed by atoms with E-state index in [9.17, 15) is 5.11 Å². The molecule has 3 aromatic rings. The van der Waals surface area contributed by atoms with Crippen molar-refractivity contribution in [1.29, 1.82) is 0 Å². The Bertz CT molecular complexity index is 702. The topological polar surface area (TPSA) is 45.1 Å². The van der Waals surface area contributed by atoms with Crippen LogP contribution in [-0.2, 0) is 0 Å². The molecule has 3 heteroatoms. The fraction of sp³-hybridized carbons (Fsp3) is 0.190. The summed E-state index contributed by atoms with van der Waals surface area (Å²) >= 11 is 0. The highest BCUT2D eigenvalue weighted by Crippen LogP contribution is 2.22. The zero-order valence-electron chi connectivity index (χ0n) is 13.8. The fourth-order valence-corrected chi connectivity index (χ4v) is 2.77. The Morgan fingerprint density at radius 3 is 2.12 bits per heavy atom. The lowest BCUT2D eigenvalue weighted by Gasteiger charge is -2.22. The molecule has 2 aromatic carbocycles. The molecule has 0 spiro atoms. The molecule has 0 radical (unpaired) electrons. The second kappa shape index (κ2) is 7.86. The molecule has 1 heterocycles. The molecule has 3 nitrogen and oxygen atoms in total. The van der Waals surface area contributed by atoms with Crippen LogP contribution in [0.4, 0.5) is 0 Å². The van der Waals surface area contributed by atoms with Crippen LogP contribution >= 0.6 is 0 Å². The summed E-state index contributed by atoms with van der Waals surface area (Å²) in [5.41, 5.74) is 4.42. The third-order valence-corrected chi connectivity index (χ3v) is 4.15. The number of pyridine rings is 1. The molecule has 0 saturated heterocycles. The summed E-state index contributed by atoms with van der Waals surface area (Å²) in [6.45, 7) is 2.52. The van der Waals surface area contributed by atoms with Gasteiger partial charge in [-0.15, -0.1) is 0 Å². The molecule has 0 bridgehead atoms. The van der Waals surface area contributed by atoms with Crippen LogP contribution in [0.3, 0.4) is 0 Å². The first-order valence-corrected chi connectivity index (χ1v) is 8.17. The lowest BCUT2D eigenvalue weighted by Crippen LogP contribution is -2.27. The van der Waals surface area contributed by atoms with E-state index >= 15 is 0 Å². The highest BCUT2D eigenvalue weighted by molar-refractivity contribution is 5.30. The van der Waals surface area contributed by atoms with Gasteiger partial charge in [0.05, 0.1) is 12.1 Å². The van der Waals surface area contributed by atoms with Crippen LogP contribution in [0.25, 0.3) is 0 Å². The number of hydrogen-bond donors (Lipinski definition) is 2. The van der Waals surface area contributed by atoms with E-state index in [1.54, 1.807) is 12.4 Å². The lowest BCUT2D eigenvalue weighted by atomic mass is 9.99. The van der Waals surface area contributed by atoms with E-state index < -0.39 is 6.10 Å². The van der Waals surface area contributed by atoms with Gasteiger partial charge in [-0.05, 0) is 35.7 Å². The number of aliphatic hydroxyl groups is 1. The largest absolute Gasteiger partial charge is 0.387 e. The van der Waals surface area contributed by atoms with Gasteiger partial charge in [0.15, 0.2) is 0 Å². The molecule has 0 fully saturated rings. The number of aliphatic hydroxyl groups excluding tert-OH is 1. The van der Waals surface area contributed by atoms with Crippen molar-refractivity contribution in [2.24, 2.45) is 0 Å². The predicted octanol–water partition coefficient (Wildman–Crippen LogP) is 3.80. The number of rotatable bonds is 6. The molecule has 2 atom stereocenters. The van der Waals surface area contributed by atoms with Gasteiger partial charge < -0.3 is 10.4 Å². The van der Waals surface area contributed by atoms with E-state index in [1.807, 2.05) is 61.5 Å². The number of nitrogens with zero attached hydrogens (tertiary/aromatic N) is 1. The number of aromatic nitrogens is 1. The second-order valence-electron chi connectivity index (χ2n) is 5.96. The average Bonchev–Trinajstić information content (AvgIpc) is 2.64. The molecule has 0 saturated carbocycles. The summed E-state index contributed by atoms with van der Waals surface area (Å²) in [7, 11) is 0. The summed E-state index contributed by atoms with van der Waals surface area (Å²) in [5, 5.41) is 14.0. The van der Waals surface area contributed by atoms with Crippen molar-refractivity contribution < 1.29 is 5.11 Å². The molecule has 122 valence electrons. The molecule has 0 amide bonds. The number of hydrogen-bond acceptors (Lipinski definition) is 3. The van der Waals surface area contributed by atoms with E-state index in [0.29, 0.717) is 6.54 Å². The number of aryl methyl sites for hydroxylation is 1. The maximum Gasteiger partial charge on any atom is 0.0914 e. The minimum Gasteiger partial charge on any atom is -0.387 e. The van der Waals surface area contributed by atoms with Gasteiger partial charge in [0.1, 0.15) is 0 Å². The van der Waals surface area contributed by atoms with Gasteiger partial charge in [-0.3, -0.25) is 4.98 Å². The highest BCUT2D eigenvalue weighted by Gasteiger charge is 2.16. The van der Waals surface area contributed by atoms with Crippen molar-refractivity contribution >= 4 is 0 Å². The SMILES string of the molecule is Cc1ccc(C(O)CNC(c2ccccc2)c2ccncc2)cc1. The average molecular weight is 318 g/mol. The fourth-order valence-electron chi connectivity index (χ4n) is 2.77. The zero-order valence-corrected chi connectivity index (χ0v) is 13.8. The van der Waals surface area contributed by atoms with Crippen LogP contribution in [0.1, 0.15) is 34.4 Å². The van der Waals surface area contributed by atoms with E-state index in [2.05, 4.69) is 22.4 Å². The van der Waals surface area contributed by atoms with Crippen molar-refractivity contribution in [3.8, 4) is 0 Å². The molecule has 1 aromatic heterocycles. The smallest absolute Gasteiger partial charge is 0.0914 e. The summed E-state index contributed by atoms with van der Waals surface area (Å²) in [6.07, 6.45) is 3.05. The predicted molar refractivity (Wildman–Crippen MR) is 96.7 cm³/mol.